The average molecular weight is 324 g/mol. The van der Waals surface area contributed by atoms with Crippen molar-refractivity contribution in [1.29, 1.82) is 5.26 Å². The molecule has 2 aromatic carbocycles. The van der Waals surface area contributed by atoms with Crippen molar-refractivity contribution in [1.82, 2.24) is 0 Å². The van der Waals surface area contributed by atoms with E-state index in [1.807, 2.05) is 6.07 Å². The Hall–Kier alpha value is -3.33. The Bertz CT molecular complexity index is 778. The third-order valence-corrected chi connectivity index (χ3v) is 3.22. The van der Waals surface area contributed by atoms with Gasteiger partial charge in [-0.2, -0.15) is 5.26 Å². The number of nitrogens with one attached hydrogen (secondary N) is 1. The number of hydrogen-bond acceptors (Lipinski definition) is 5. The Morgan fingerprint density at radius 2 is 1.96 bits per heavy atom. The van der Waals surface area contributed by atoms with E-state index < -0.39 is 18.0 Å². The Balaban J connectivity index is 1.89. The topological polar surface area (TPSA) is 99.4 Å². The maximum Gasteiger partial charge on any atom is 0.311 e. The number of anilines is 1. The van der Waals surface area contributed by atoms with E-state index in [1.54, 1.807) is 30.3 Å². The van der Waals surface area contributed by atoms with E-state index in [0.29, 0.717) is 16.8 Å². The molecule has 122 valence electrons. The van der Waals surface area contributed by atoms with Crippen molar-refractivity contribution < 1.29 is 19.4 Å². The molecule has 0 saturated heterocycles. The number of aromatic hydroxyl groups is 1. The van der Waals surface area contributed by atoms with Crippen molar-refractivity contribution in [2.24, 2.45) is 0 Å². The number of phenolic OH excluding ortho intramolecular Hbond substituents is 1. The molecule has 24 heavy (non-hydrogen) atoms. The second-order valence-corrected chi connectivity index (χ2v) is 5.16. The minimum absolute atomic E-state index is 0.00180. The number of benzene rings is 2. The van der Waals surface area contributed by atoms with Crippen LogP contribution in [0.2, 0.25) is 0 Å². The molecule has 0 aliphatic rings. The second kappa shape index (κ2) is 7.79. The van der Waals surface area contributed by atoms with Crippen LogP contribution < -0.4 is 5.32 Å². The molecular weight excluding hydrogens is 308 g/mol. The fourth-order valence-corrected chi connectivity index (χ4v) is 1.98. The molecule has 0 aliphatic heterocycles. The van der Waals surface area contributed by atoms with Gasteiger partial charge in [0.15, 0.2) is 6.10 Å². The molecule has 0 bridgehead atoms. The number of phenols is 1. The highest BCUT2D eigenvalue weighted by molar-refractivity contribution is 5.95. The van der Waals surface area contributed by atoms with Gasteiger partial charge in [0, 0.05) is 5.69 Å². The maximum absolute atomic E-state index is 12.0. The van der Waals surface area contributed by atoms with Gasteiger partial charge >= 0.3 is 5.97 Å². The number of esters is 1. The Kier molecular flexibility index (Phi) is 5.53. The summed E-state index contributed by atoms with van der Waals surface area (Å²) in [6, 6.07) is 14.6. The first-order chi connectivity index (χ1) is 11.5. The molecule has 6 nitrogen and oxygen atoms in total. The molecule has 0 saturated carbocycles. The zero-order chi connectivity index (χ0) is 17.5. The van der Waals surface area contributed by atoms with E-state index >= 15 is 0 Å². The summed E-state index contributed by atoms with van der Waals surface area (Å²) in [5.41, 5.74) is 1.55. The monoisotopic (exact) mass is 324 g/mol. The van der Waals surface area contributed by atoms with Crippen molar-refractivity contribution in [2.75, 3.05) is 5.32 Å². The number of carbonyl (C=O) groups is 2. The van der Waals surface area contributed by atoms with E-state index in [2.05, 4.69) is 5.32 Å². The SMILES string of the molecule is C[C@@H](OC(=O)Cc1ccc(O)cc1)C(=O)Nc1cccc(C#N)c1. The first kappa shape index (κ1) is 17.0. The van der Waals surface area contributed by atoms with Crippen LogP contribution in [0.15, 0.2) is 48.5 Å². The lowest BCUT2D eigenvalue weighted by Crippen LogP contribution is -2.30. The molecule has 0 radical (unpaired) electrons. The molecule has 0 heterocycles. The Morgan fingerprint density at radius 3 is 2.62 bits per heavy atom. The first-order valence-corrected chi connectivity index (χ1v) is 7.26. The number of ether oxygens (including phenoxy) is 1. The van der Waals surface area contributed by atoms with Crippen molar-refractivity contribution in [3.05, 3.63) is 59.7 Å². The molecule has 0 spiro atoms. The minimum atomic E-state index is -0.972. The summed E-state index contributed by atoms with van der Waals surface area (Å²) in [6.45, 7) is 1.47. The number of nitriles is 1. The van der Waals surface area contributed by atoms with E-state index in [9.17, 15) is 14.7 Å². The van der Waals surface area contributed by atoms with Crippen LogP contribution in [0.5, 0.6) is 5.75 Å². The smallest absolute Gasteiger partial charge is 0.311 e. The van der Waals surface area contributed by atoms with Gasteiger partial charge in [-0.25, -0.2) is 0 Å². The summed E-state index contributed by atoms with van der Waals surface area (Å²) in [5.74, 6) is -0.919. The van der Waals surface area contributed by atoms with Crippen LogP contribution in [0.3, 0.4) is 0 Å². The van der Waals surface area contributed by atoms with Gasteiger partial charge < -0.3 is 15.2 Å². The van der Waals surface area contributed by atoms with Crippen molar-refractivity contribution in [3.63, 3.8) is 0 Å². The van der Waals surface area contributed by atoms with Gasteiger partial charge in [-0.3, -0.25) is 9.59 Å². The predicted molar refractivity (Wildman–Crippen MR) is 87.2 cm³/mol. The number of nitrogens with zero attached hydrogens (tertiary/aromatic N) is 1. The van der Waals surface area contributed by atoms with Gasteiger partial charge in [0.2, 0.25) is 0 Å². The van der Waals surface area contributed by atoms with Crippen LogP contribution in [0.4, 0.5) is 5.69 Å². The molecule has 0 fully saturated rings. The first-order valence-electron chi connectivity index (χ1n) is 7.26. The molecule has 2 aromatic rings. The molecule has 6 heteroatoms. The summed E-state index contributed by atoms with van der Waals surface area (Å²) in [5, 5.41) is 20.6. The Labute approximate surface area is 139 Å². The molecule has 0 aliphatic carbocycles. The molecule has 0 aromatic heterocycles. The maximum atomic E-state index is 12.0. The van der Waals surface area contributed by atoms with E-state index in [4.69, 9.17) is 10.00 Å². The summed E-state index contributed by atoms with van der Waals surface area (Å²) in [6.07, 6.45) is -0.970. The molecule has 0 unspecified atom stereocenters. The van der Waals surface area contributed by atoms with Gasteiger partial charge in [0.05, 0.1) is 18.1 Å². The summed E-state index contributed by atoms with van der Waals surface area (Å²) in [7, 11) is 0. The summed E-state index contributed by atoms with van der Waals surface area (Å²) >= 11 is 0. The van der Waals surface area contributed by atoms with Gasteiger partial charge in [0.25, 0.3) is 5.91 Å². The standard InChI is InChI=1S/C18H16N2O4/c1-12(18(23)20-15-4-2-3-14(9-15)11-19)24-17(22)10-13-5-7-16(21)8-6-13/h2-9,12,21H,10H2,1H3,(H,20,23)/t12-/m1/s1. The number of hydrogen-bond donors (Lipinski definition) is 2. The fraction of sp³-hybridized carbons (Fsp3) is 0.167. The van der Waals surface area contributed by atoms with Gasteiger partial charge in [-0.15, -0.1) is 0 Å². The van der Waals surface area contributed by atoms with Gasteiger partial charge in [-0.05, 0) is 42.8 Å². The number of amides is 1. The van der Waals surface area contributed by atoms with E-state index in [1.165, 1.54) is 25.1 Å². The third kappa shape index (κ3) is 4.85. The highest BCUT2D eigenvalue weighted by Gasteiger charge is 2.18. The lowest BCUT2D eigenvalue weighted by atomic mass is 10.1. The quantitative estimate of drug-likeness (QED) is 0.823. The summed E-state index contributed by atoms with van der Waals surface area (Å²) < 4.78 is 5.10. The van der Waals surface area contributed by atoms with Crippen molar-refractivity contribution >= 4 is 17.6 Å². The zero-order valence-corrected chi connectivity index (χ0v) is 13.0. The lowest BCUT2D eigenvalue weighted by molar-refractivity contribution is -0.152. The van der Waals surface area contributed by atoms with Crippen LogP contribution >= 0.6 is 0 Å². The lowest BCUT2D eigenvalue weighted by Gasteiger charge is -2.13. The molecule has 2 N–H and O–H groups in total. The van der Waals surface area contributed by atoms with Crippen LogP contribution in [-0.2, 0) is 20.7 Å². The van der Waals surface area contributed by atoms with E-state index in [-0.39, 0.29) is 12.2 Å². The third-order valence-electron chi connectivity index (χ3n) is 3.22. The van der Waals surface area contributed by atoms with Gasteiger partial charge in [-0.1, -0.05) is 18.2 Å². The molecule has 2 rings (SSSR count). The van der Waals surface area contributed by atoms with Crippen LogP contribution in [0, 0.1) is 11.3 Å². The summed E-state index contributed by atoms with van der Waals surface area (Å²) in [4.78, 5) is 23.9. The molecular formula is C18H16N2O4. The van der Waals surface area contributed by atoms with Crippen molar-refractivity contribution in [2.45, 2.75) is 19.4 Å². The molecule has 1 amide bonds. The van der Waals surface area contributed by atoms with Crippen LogP contribution in [0.1, 0.15) is 18.1 Å². The Morgan fingerprint density at radius 1 is 1.25 bits per heavy atom. The van der Waals surface area contributed by atoms with Crippen LogP contribution in [0.25, 0.3) is 0 Å². The normalized spacial score (nSPS) is 11.2. The fourth-order valence-electron chi connectivity index (χ4n) is 1.98. The largest absolute Gasteiger partial charge is 0.508 e. The highest BCUT2D eigenvalue weighted by atomic mass is 16.5. The number of carbonyl (C=O) groups excluding carboxylic acids is 2. The van der Waals surface area contributed by atoms with Gasteiger partial charge in [0.1, 0.15) is 5.75 Å². The number of rotatable bonds is 5. The van der Waals surface area contributed by atoms with Crippen LogP contribution in [-0.4, -0.2) is 23.1 Å². The second-order valence-electron chi connectivity index (χ2n) is 5.16. The predicted octanol–water partition coefficient (Wildman–Crippen LogP) is 2.38. The highest BCUT2D eigenvalue weighted by Crippen LogP contribution is 2.12. The zero-order valence-electron chi connectivity index (χ0n) is 13.0. The minimum Gasteiger partial charge on any atom is -0.508 e. The molecule has 1 atom stereocenters. The van der Waals surface area contributed by atoms with Crippen molar-refractivity contribution in [3.8, 4) is 11.8 Å². The van der Waals surface area contributed by atoms with E-state index in [0.717, 1.165) is 0 Å². The average Bonchev–Trinajstić information content (AvgIpc) is 2.57.